The first-order chi connectivity index (χ1) is 8.86. The van der Waals surface area contributed by atoms with Gasteiger partial charge in [-0.05, 0) is 18.1 Å². The molecule has 102 valence electrons. The summed E-state index contributed by atoms with van der Waals surface area (Å²) in [4.78, 5) is 4.30. The molecule has 0 amide bonds. The van der Waals surface area contributed by atoms with Gasteiger partial charge in [-0.1, -0.05) is 45.1 Å². The minimum atomic E-state index is 0.548. The van der Waals surface area contributed by atoms with E-state index in [0.29, 0.717) is 13.2 Å². The molecule has 1 aromatic heterocycles. The molecule has 3 heteroatoms. The van der Waals surface area contributed by atoms with Gasteiger partial charge in [0.15, 0.2) is 0 Å². The average Bonchev–Trinajstić information content (AvgIpc) is 2.42. The van der Waals surface area contributed by atoms with E-state index in [2.05, 4.69) is 11.9 Å². The van der Waals surface area contributed by atoms with Crippen LogP contribution < -0.4 is 5.73 Å². The lowest BCUT2D eigenvalue weighted by Crippen LogP contribution is -2.00. The number of hydrogen-bond donors (Lipinski definition) is 1. The van der Waals surface area contributed by atoms with Gasteiger partial charge < -0.3 is 10.5 Å². The molecule has 0 radical (unpaired) electrons. The highest BCUT2D eigenvalue weighted by Gasteiger charge is 1.96. The number of nitrogens with two attached hydrogens (primary N) is 1. The fourth-order valence-electron chi connectivity index (χ4n) is 1.82. The minimum absolute atomic E-state index is 0.548. The smallest absolute Gasteiger partial charge is 0.0887 e. The van der Waals surface area contributed by atoms with Crippen LogP contribution in [0.3, 0.4) is 0 Å². The Kier molecular flexibility index (Phi) is 8.43. The van der Waals surface area contributed by atoms with Gasteiger partial charge in [-0.2, -0.15) is 0 Å². The summed E-state index contributed by atoms with van der Waals surface area (Å²) in [7, 11) is 0. The van der Waals surface area contributed by atoms with Crippen LogP contribution in [-0.4, -0.2) is 11.6 Å². The van der Waals surface area contributed by atoms with Crippen molar-refractivity contribution in [1.29, 1.82) is 0 Å². The molecule has 0 unspecified atom stereocenters. The number of ether oxygens (including phenoxy) is 1. The molecular weight excluding hydrogens is 224 g/mol. The molecule has 0 spiro atoms. The largest absolute Gasteiger partial charge is 0.375 e. The number of aromatic nitrogens is 1. The van der Waals surface area contributed by atoms with E-state index in [0.717, 1.165) is 24.3 Å². The summed E-state index contributed by atoms with van der Waals surface area (Å²) in [6.07, 6.45) is 9.62. The summed E-state index contributed by atoms with van der Waals surface area (Å²) in [5, 5.41) is 0. The highest BCUT2D eigenvalue weighted by molar-refractivity contribution is 5.13. The highest BCUT2D eigenvalue weighted by Crippen LogP contribution is 2.06. The van der Waals surface area contributed by atoms with Crippen LogP contribution in [0.2, 0.25) is 0 Å². The Labute approximate surface area is 111 Å². The molecular formula is C15H26N2O. The molecule has 0 fully saturated rings. The molecule has 0 aliphatic rings. The summed E-state index contributed by atoms with van der Waals surface area (Å²) < 4.78 is 5.61. The van der Waals surface area contributed by atoms with Crippen LogP contribution in [0.15, 0.2) is 18.3 Å². The molecule has 2 N–H and O–H groups in total. The molecule has 0 aliphatic heterocycles. The maximum absolute atomic E-state index is 5.61. The molecule has 1 aromatic rings. The maximum Gasteiger partial charge on any atom is 0.0887 e. The van der Waals surface area contributed by atoms with Crippen molar-refractivity contribution < 1.29 is 4.74 Å². The molecule has 1 rings (SSSR count). The third kappa shape index (κ3) is 6.72. The molecule has 0 aromatic carbocycles. The zero-order chi connectivity index (χ0) is 13.1. The Hall–Kier alpha value is -0.930. The molecule has 0 saturated heterocycles. The first kappa shape index (κ1) is 15.1. The molecule has 0 saturated carbocycles. The summed E-state index contributed by atoms with van der Waals surface area (Å²) in [6, 6.07) is 4.00. The molecule has 18 heavy (non-hydrogen) atoms. The fourth-order valence-corrected chi connectivity index (χ4v) is 1.82. The van der Waals surface area contributed by atoms with Crippen LogP contribution in [0.4, 0.5) is 0 Å². The lowest BCUT2D eigenvalue weighted by atomic mass is 10.1. The number of rotatable bonds is 10. The molecule has 0 bridgehead atoms. The van der Waals surface area contributed by atoms with Crippen molar-refractivity contribution in [3.05, 3.63) is 29.6 Å². The summed E-state index contributed by atoms with van der Waals surface area (Å²) >= 11 is 0. The van der Waals surface area contributed by atoms with E-state index in [9.17, 15) is 0 Å². The third-order valence-electron chi connectivity index (χ3n) is 3.01. The van der Waals surface area contributed by atoms with Crippen molar-refractivity contribution in [3.63, 3.8) is 0 Å². The van der Waals surface area contributed by atoms with Crippen molar-refractivity contribution in [2.45, 2.75) is 58.6 Å². The van der Waals surface area contributed by atoms with E-state index < -0.39 is 0 Å². The lowest BCUT2D eigenvalue weighted by Gasteiger charge is -2.04. The van der Waals surface area contributed by atoms with E-state index in [1.165, 1.54) is 32.1 Å². The van der Waals surface area contributed by atoms with Gasteiger partial charge in [-0.25, -0.2) is 0 Å². The lowest BCUT2D eigenvalue weighted by molar-refractivity contribution is 0.114. The Morgan fingerprint density at radius 2 is 1.89 bits per heavy atom. The second-order valence-electron chi connectivity index (χ2n) is 4.68. The molecule has 0 aliphatic carbocycles. The Balaban J connectivity index is 2.00. The van der Waals surface area contributed by atoms with E-state index in [4.69, 9.17) is 10.5 Å². The van der Waals surface area contributed by atoms with Gasteiger partial charge in [0.05, 0.1) is 12.3 Å². The Morgan fingerprint density at radius 3 is 2.56 bits per heavy atom. The van der Waals surface area contributed by atoms with Crippen LogP contribution in [0.5, 0.6) is 0 Å². The van der Waals surface area contributed by atoms with Crippen molar-refractivity contribution in [3.8, 4) is 0 Å². The van der Waals surface area contributed by atoms with Crippen molar-refractivity contribution in [2.24, 2.45) is 5.73 Å². The molecule has 3 nitrogen and oxygen atoms in total. The Morgan fingerprint density at radius 1 is 1.11 bits per heavy atom. The first-order valence-corrected chi connectivity index (χ1v) is 7.08. The standard InChI is InChI=1S/C15H26N2O/c1-2-3-4-5-6-7-10-18-13-15-9-8-14(11-16)12-17-15/h8-9,12H,2-7,10-11,13,16H2,1H3. The van der Waals surface area contributed by atoms with Gasteiger partial charge in [0.1, 0.15) is 0 Å². The fraction of sp³-hybridized carbons (Fsp3) is 0.667. The monoisotopic (exact) mass is 250 g/mol. The zero-order valence-electron chi connectivity index (χ0n) is 11.5. The van der Waals surface area contributed by atoms with Gasteiger partial charge in [0.25, 0.3) is 0 Å². The van der Waals surface area contributed by atoms with E-state index >= 15 is 0 Å². The molecule has 0 atom stereocenters. The Bertz CT molecular complexity index is 298. The summed E-state index contributed by atoms with van der Waals surface area (Å²) in [5.41, 5.74) is 7.57. The summed E-state index contributed by atoms with van der Waals surface area (Å²) in [5.74, 6) is 0. The number of unbranched alkanes of at least 4 members (excludes halogenated alkanes) is 5. The van der Waals surface area contributed by atoms with Crippen LogP contribution in [0.1, 0.15) is 56.7 Å². The van der Waals surface area contributed by atoms with Gasteiger partial charge in [-0.15, -0.1) is 0 Å². The minimum Gasteiger partial charge on any atom is -0.375 e. The van der Waals surface area contributed by atoms with Crippen molar-refractivity contribution in [1.82, 2.24) is 4.98 Å². The predicted octanol–water partition coefficient (Wildman–Crippen LogP) is 3.42. The van der Waals surface area contributed by atoms with Crippen molar-refractivity contribution >= 4 is 0 Å². The normalized spacial score (nSPS) is 10.8. The van der Waals surface area contributed by atoms with Gasteiger partial charge in [-0.3, -0.25) is 4.98 Å². The number of hydrogen-bond acceptors (Lipinski definition) is 3. The summed E-state index contributed by atoms with van der Waals surface area (Å²) in [6.45, 7) is 4.24. The van der Waals surface area contributed by atoms with Gasteiger partial charge in [0.2, 0.25) is 0 Å². The SMILES string of the molecule is CCCCCCCCOCc1ccc(CN)cn1. The van der Waals surface area contributed by atoms with Crippen molar-refractivity contribution in [2.75, 3.05) is 6.61 Å². The molecule has 1 heterocycles. The van der Waals surface area contributed by atoms with E-state index in [1.807, 2.05) is 18.3 Å². The van der Waals surface area contributed by atoms with Gasteiger partial charge in [0, 0.05) is 19.3 Å². The topological polar surface area (TPSA) is 48.1 Å². The predicted molar refractivity (Wildman–Crippen MR) is 75.2 cm³/mol. The van der Waals surface area contributed by atoms with Crippen LogP contribution in [0, 0.1) is 0 Å². The number of nitrogens with zero attached hydrogens (tertiary/aromatic N) is 1. The second kappa shape index (κ2) is 10.0. The number of pyridine rings is 1. The maximum atomic E-state index is 5.61. The van der Waals surface area contributed by atoms with E-state index in [1.54, 1.807) is 0 Å². The van der Waals surface area contributed by atoms with Crippen LogP contribution in [0.25, 0.3) is 0 Å². The highest BCUT2D eigenvalue weighted by atomic mass is 16.5. The zero-order valence-corrected chi connectivity index (χ0v) is 11.5. The van der Waals surface area contributed by atoms with Gasteiger partial charge >= 0.3 is 0 Å². The van der Waals surface area contributed by atoms with Crippen LogP contribution >= 0.6 is 0 Å². The quantitative estimate of drug-likeness (QED) is 0.647. The second-order valence-corrected chi connectivity index (χ2v) is 4.68. The first-order valence-electron chi connectivity index (χ1n) is 7.08. The average molecular weight is 250 g/mol. The third-order valence-corrected chi connectivity index (χ3v) is 3.01. The van der Waals surface area contributed by atoms with Crippen LogP contribution in [-0.2, 0) is 17.9 Å². The van der Waals surface area contributed by atoms with E-state index in [-0.39, 0.29) is 0 Å².